The number of hydrogen-bond donors (Lipinski definition) is 2. The van der Waals surface area contributed by atoms with E-state index >= 15 is 0 Å². The predicted molar refractivity (Wildman–Crippen MR) is 120 cm³/mol. The first kappa shape index (κ1) is 24.6. The number of ether oxygens (including phenoxy) is 3. The van der Waals surface area contributed by atoms with Gasteiger partial charge in [-0.3, -0.25) is 0 Å². The van der Waals surface area contributed by atoms with Gasteiger partial charge in [-0.05, 0) is 50.6 Å². The minimum Gasteiger partial charge on any atom is -0.488 e. The molecule has 32 heavy (non-hydrogen) atoms. The van der Waals surface area contributed by atoms with Gasteiger partial charge in [0.25, 0.3) is 0 Å². The molecule has 1 heterocycles. The van der Waals surface area contributed by atoms with Crippen molar-refractivity contribution in [2.24, 2.45) is 0 Å². The molecule has 1 aliphatic rings. The summed E-state index contributed by atoms with van der Waals surface area (Å²) < 4.78 is 31.2. The third-order valence-electron chi connectivity index (χ3n) is 4.77. The van der Waals surface area contributed by atoms with Crippen molar-refractivity contribution in [3.63, 3.8) is 0 Å². The number of carbonyl (C=O) groups excluding carboxylic acids is 1. The van der Waals surface area contributed by atoms with Gasteiger partial charge in [0.05, 0.1) is 29.3 Å². The zero-order chi connectivity index (χ0) is 23.5. The van der Waals surface area contributed by atoms with Gasteiger partial charge in [0.1, 0.15) is 29.4 Å². The van der Waals surface area contributed by atoms with E-state index in [0.717, 1.165) is 6.42 Å². The number of nitrogens with one attached hydrogen (secondary N) is 1. The fraction of sp³-hybridized carbons (Fsp3) is 0.435. The van der Waals surface area contributed by atoms with Crippen molar-refractivity contribution in [3.05, 3.63) is 63.4 Å². The first-order chi connectivity index (χ1) is 15.0. The van der Waals surface area contributed by atoms with Gasteiger partial charge in [-0.25, -0.2) is 9.18 Å². The zero-order valence-electron chi connectivity index (χ0n) is 18.0. The summed E-state index contributed by atoms with van der Waals surface area (Å²) in [7, 11) is 0. The van der Waals surface area contributed by atoms with Gasteiger partial charge in [-0.1, -0.05) is 29.3 Å². The molecule has 0 aromatic heterocycles. The smallest absolute Gasteiger partial charge is 0.408 e. The Balaban J connectivity index is 1.87. The highest BCUT2D eigenvalue weighted by Gasteiger charge is 2.30. The summed E-state index contributed by atoms with van der Waals surface area (Å²) in [5.74, 6) is -0.342. The standard InChI is InChI=1S/C23H26Cl2FNO5/c1-23(2,3)32-22(29)27-20(13-4-7-17(24)18(25)10-13)21(28)16-6-5-14(11-19(16)26)31-15-8-9-30-12-15/h4-7,10-11,15,20-21,28H,8-9,12H2,1-3H3,(H,27,29). The lowest BCUT2D eigenvalue weighted by atomic mass is 9.95. The molecule has 0 aliphatic carbocycles. The third-order valence-corrected chi connectivity index (χ3v) is 5.51. The van der Waals surface area contributed by atoms with Crippen LogP contribution in [-0.4, -0.2) is 36.1 Å². The van der Waals surface area contributed by atoms with Crippen LogP contribution in [0.25, 0.3) is 0 Å². The van der Waals surface area contributed by atoms with Crippen LogP contribution in [0, 0.1) is 5.82 Å². The lowest BCUT2D eigenvalue weighted by Gasteiger charge is -2.28. The fourth-order valence-corrected chi connectivity index (χ4v) is 3.59. The summed E-state index contributed by atoms with van der Waals surface area (Å²) in [6.45, 7) is 6.19. The van der Waals surface area contributed by atoms with E-state index in [9.17, 15) is 14.3 Å². The van der Waals surface area contributed by atoms with E-state index in [1.807, 2.05) is 0 Å². The van der Waals surface area contributed by atoms with Gasteiger partial charge in [0, 0.05) is 18.1 Å². The summed E-state index contributed by atoms with van der Waals surface area (Å²) in [6, 6.07) is 7.78. The lowest BCUT2D eigenvalue weighted by Crippen LogP contribution is -2.37. The number of aliphatic hydroxyl groups excluding tert-OH is 1. The Morgan fingerprint density at radius 3 is 2.56 bits per heavy atom. The van der Waals surface area contributed by atoms with Crippen LogP contribution in [0.2, 0.25) is 10.0 Å². The number of hydrogen-bond acceptors (Lipinski definition) is 5. The number of rotatable bonds is 6. The fourth-order valence-electron chi connectivity index (χ4n) is 3.28. The number of aliphatic hydroxyl groups is 1. The molecule has 1 saturated heterocycles. The van der Waals surface area contributed by atoms with E-state index in [1.165, 1.54) is 24.3 Å². The number of alkyl carbamates (subject to hydrolysis) is 1. The Morgan fingerprint density at radius 1 is 1.22 bits per heavy atom. The van der Waals surface area contributed by atoms with Crippen LogP contribution >= 0.6 is 23.2 Å². The Morgan fingerprint density at radius 2 is 1.97 bits per heavy atom. The Kier molecular flexibility index (Phi) is 7.88. The quantitative estimate of drug-likeness (QED) is 0.556. The molecule has 9 heteroatoms. The molecule has 6 nitrogen and oxygen atoms in total. The maximum atomic E-state index is 14.9. The molecule has 2 aromatic rings. The van der Waals surface area contributed by atoms with Crippen molar-refractivity contribution < 1.29 is 28.5 Å². The van der Waals surface area contributed by atoms with Crippen molar-refractivity contribution in [1.82, 2.24) is 5.32 Å². The van der Waals surface area contributed by atoms with E-state index in [-0.39, 0.29) is 16.7 Å². The van der Waals surface area contributed by atoms with Gasteiger partial charge >= 0.3 is 6.09 Å². The highest BCUT2D eigenvalue weighted by molar-refractivity contribution is 6.42. The Bertz CT molecular complexity index is 960. The number of halogens is 3. The minimum atomic E-state index is -1.44. The van der Waals surface area contributed by atoms with E-state index in [1.54, 1.807) is 32.9 Å². The van der Waals surface area contributed by atoms with Crippen molar-refractivity contribution in [2.75, 3.05) is 13.2 Å². The van der Waals surface area contributed by atoms with Crippen LogP contribution in [-0.2, 0) is 9.47 Å². The molecule has 1 fully saturated rings. The highest BCUT2D eigenvalue weighted by atomic mass is 35.5. The number of carbonyl (C=O) groups is 1. The molecular formula is C23H26Cl2FNO5. The van der Waals surface area contributed by atoms with E-state index in [2.05, 4.69) is 5.32 Å². The maximum absolute atomic E-state index is 14.9. The summed E-state index contributed by atoms with van der Waals surface area (Å²) in [6.07, 6.45) is -1.62. The first-order valence-electron chi connectivity index (χ1n) is 10.2. The van der Waals surface area contributed by atoms with Crippen LogP contribution in [0.4, 0.5) is 9.18 Å². The molecule has 3 atom stereocenters. The van der Waals surface area contributed by atoms with Crippen LogP contribution in [0.3, 0.4) is 0 Å². The molecule has 2 aromatic carbocycles. The zero-order valence-corrected chi connectivity index (χ0v) is 19.5. The molecule has 0 radical (unpaired) electrons. The molecule has 174 valence electrons. The molecule has 3 unspecified atom stereocenters. The van der Waals surface area contributed by atoms with Gasteiger partial charge < -0.3 is 24.6 Å². The Labute approximate surface area is 196 Å². The average Bonchev–Trinajstić information content (AvgIpc) is 3.20. The molecule has 1 amide bonds. The van der Waals surface area contributed by atoms with Gasteiger partial charge in [-0.2, -0.15) is 0 Å². The van der Waals surface area contributed by atoms with Gasteiger partial charge in [-0.15, -0.1) is 0 Å². The second-order valence-electron chi connectivity index (χ2n) is 8.53. The predicted octanol–water partition coefficient (Wildman–Crippen LogP) is 5.60. The third kappa shape index (κ3) is 6.48. The molecular weight excluding hydrogens is 460 g/mol. The van der Waals surface area contributed by atoms with Gasteiger partial charge in [0.2, 0.25) is 0 Å². The van der Waals surface area contributed by atoms with Crippen LogP contribution in [0.1, 0.15) is 50.5 Å². The summed E-state index contributed by atoms with van der Waals surface area (Å²) in [5, 5.41) is 14.2. The monoisotopic (exact) mass is 485 g/mol. The number of amides is 1. The lowest BCUT2D eigenvalue weighted by molar-refractivity contribution is 0.0415. The summed E-state index contributed by atoms with van der Waals surface area (Å²) in [4.78, 5) is 12.4. The topological polar surface area (TPSA) is 77.0 Å². The summed E-state index contributed by atoms with van der Waals surface area (Å²) >= 11 is 12.1. The highest BCUT2D eigenvalue weighted by Crippen LogP contribution is 2.35. The molecule has 0 saturated carbocycles. The van der Waals surface area contributed by atoms with Crippen molar-refractivity contribution in [1.29, 1.82) is 0 Å². The number of benzene rings is 2. The van der Waals surface area contributed by atoms with Crippen molar-refractivity contribution in [2.45, 2.75) is 51.0 Å². The first-order valence-corrected chi connectivity index (χ1v) is 11.0. The second kappa shape index (κ2) is 10.3. The molecule has 2 N–H and O–H groups in total. The normalized spacial score (nSPS) is 18.2. The molecule has 0 spiro atoms. The average molecular weight is 486 g/mol. The van der Waals surface area contributed by atoms with E-state index in [0.29, 0.717) is 29.5 Å². The van der Waals surface area contributed by atoms with E-state index in [4.69, 9.17) is 37.4 Å². The largest absolute Gasteiger partial charge is 0.488 e. The van der Waals surface area contributed by atoms with Crippen molar-refractivity contribution >= 4 is 29.3 Å². The molecule has 0 bridgehead atoms. The van der Waals surface area contributed by atoms with Crippen LogP contribution in [0.15, 0.2) is 36.4 Å². The minimum absolute atomic E-state index is 0.0212. The second-order valence-corrected chi connectivity index (χ2v) is 9.34. The van der Waals surface area contributed by atoms with Crippen molar-refractivity contribution in [3.8, 4) is 5.75 Å². The van der Waals surface area contributed by atoms with Crippen LogP contribution in [0.5, 0.6) is 5.75 Å². The van der Waals surface area contributed by atoms with Crippen LogP contribution < -0.4 is 10.1 Å². The maximum Gasteiger partial charge on any atom is 0.408 e. The molecule has 3 rings (SSSR count). The summed E-state index contributed by atoms with van der Waals surface area (Å²) in [5.41, 5.74) is -0.349. The molecule has 1 aliphatic heterocycles. The SMILES string of the molecule is CC(C)(C)OC(=O)NC(c1ccc(Cl)c(Cl)c1)C(O)c1ccc(OC2CCOC2)cc1F. The van der Waals surface area contributed by atoms with E-state index < -0.39 is 29.7 Å². The van der Waals surface area contributed by atoms with Gasteiger partial charge in [0.15, 0.2) is 0 Å². The Hall–Kier alpha value is -2.06.